The number of benzene rings is 2. The lowest BCUT2D eigenvalue weighted by Crippen LogP contribution is -2.51. The fourth-order valence-corrected chi connectivity index (χ4v) is 8.43. The molecule has 4 unspecified atom stereocenters. The summed E-state index contributed by atoms with van der Waals surface area (Å²) in [5.41, 5.74) is 2.34. The molecular formula is C31H37ClN2O5S. The summed E-state index contributed by atoms with van der Waals surface area (Å²) in [6, 6.07) is 11.3. The van der Waals surface area contributed by atoms with Crippen LogP contribution in [0, 0.1) is 11.8 Å². The van der Waals surface area contributed by atoms with Gasteiger partial charge in [-0.05, 0) is 105 Å². The second kappa shape index (κ2) is 10.4. The molecule has 2 aliphatic heterocycles. The minimum Gasteiger partial charge on any atom is -0.490 e. The van der Waals surface area contributed by atoms with Crippen molar-refractivity contribution in [3.8, 4) is 5.75 Å². The molecule has 0 saturated heterocycles. The Hall–Kier alpha value is -2.55. The fourth-order valence-electron chi connectivity index (χ4n) is 7.18. The van der Waals surface area contributed by atoms with Crippen molar-refractivity contribution in [3.05, 3.63) is 70.3 Å². The number of carbonyl (C=O) groups excluding carboxylic acids is 1. The Labute approximate surface area is 241 Å². The van der Waals surface area contributed by atoms with Crippen LogP contribution in [-0.4, -0.2) is 50.5 Å². The van der Waals surface area contributed by atoms with Crippen LogP contribution in [0.4, 0.5) is 5.69 Å². The number of nitrogens with one attached hydrogen (secondary N) is 1. The Morgan fingerprint density at radius 2 is 2.00 bits per heavy atom. The average molecular weight is 585 g/mol. The highest BCUT2D eigenvalue weighted by molar-refractivity contribution is 7.90. The minimum atomic E-state index is -3.80. The van der Waals surface area contributed by atoms with Gasteiger partial charge in [0.05, 0.1) is 23.6 Å². The number of carbonyl (C=O) groups is 1. The molecule has 4 aliphatic rings. The molecule has 214 valence electrons. The van der Waals surface area contributed by atoms with E-state index in [4.69, 9.17) is 16.3 Å². The Bertz CT molecular complexity index is 1460. The van der Waals surface area contributed by atoms with Gasteiger partial charge in [-0.3, -0.25) is 4.79 Å². The van der Waals surface area contributed by atoms with E-state index < -0.39 is 21.5 Å². The number of sulfonamides is 1. The van der Waals surface area contributed by atoms with Crippen molar-refractivity contribution in [1.82, 2.24) is 4.72 Å². The zero-order valence-corrected chi connectivity index (χ0v) is 24.4. The maximum Gasteiger partial charge on any atom is 0.264 e. The summed E-state index contributed by atoms with van der Waals surface area (Å²) in [4.78, 5) is 15.4. The van der Waals surface area contributed by atoms with Crippen molar-refractivity contribution in [3.63, 3.8) is 0 Å². The van der Waals surface area contributed by atoms with Gasteiger partial charge >= 0.3 is 0 Å². The lowest BCUT2D eigenvalue weighted by atomic mass is 9.64. The number of anilines is 1. The molecule has 7 nitrogen and oxygen atoms in total. The van der Waals surface area contributed by atoms with Crippen molar-refractivity contribution >= 4 is 33.2 Å². The molecule has 4 atom stereocenters. The first-order valence-electron chi connectivity index (χ1n) is 14.3. The molecule has 2 N–H and O–H groups in total. The van der Waals surface area contributed by atoms with Crippen LogP contribution in [0.25, 0.3) is 0 Å². The highest BCUT2D eigenvalue weighted by atomic mass is 35.5. The van der Waals surface area contributed by atoms with E-state index in [1.54, 1.807) is 18.2 Å². The smallest absolute Gasteiger partial charge is 0.264 e. The van der Waals surface area contributed by atoms with Crippen molar-refractivity contribution in [1.29, 1.82) is 0 Å². The van der Waals surface area contributed by atoms with Gasteiger partial charge in [0.2, 0.25) is 10.0 Å². The second-order valence-electron chi connectivity index (χ2n) is 12.3. The zero-order valence-electron chi connectivity index (χ0n) is 22.9. The fraction of sp³-hybridized carbons (Fsp3) is 0.516. The first-order chi connectivity index (χ1) is 19.1. The first-order valence-corrected chi connectivity index (χ1v) is 16.3. The third-order valence-electron chi connectivity index (χ3n) is 9.41. The number of allylic oxidation sites excluding steroid dienone is 1. The van der Waals surface area contributed by atoms with Gasteiger partial charge in [0.25, 0.3) is 5.91 Å². The molecular weight excluding hydrogens is 548 g/mol. The van der Waals surface area contributed by atoms with Gasteiger partial charge in [-0.1, -0.05) is 29.8 Å². The molecule has 2 aromatic carbocycles. The van der Waals surface area contributed by atoms with Crippen molar-refractivity contribution < 1.29 is 23.1 Å². The molecule has 1 saturated carbocycles. The van der Waals surface area contributed by atoms with Crippen LogP contribution in [0.3, 0.4) is 0 Å². The summed E-state index contributed by atoms with van der Waals surface area (Å²) in [6.07, 6.45) is 9.49. The molecule has 1 fully saturated rings. The molecule has 40 heavy (non-hydrogen) atoms. The predicted octanol–water partition coefficient (Wildman–Crippen LogP) is 5.00. The van der Waals surface area contributed by atoms with Crippen LogP contribution in [-0.2, 0) is 21.9 Å². The van der Waals surface area contributed by atoms with Crippen LogP contribution >= 0.6 is 11.6 Å². The third-order valence-corrected chi connectivity index (χ3v) is 11.0. The van der Waals surface area contributed by atoms with Crippen molar-refractivity contribution in [2.24, 2.45) is 11.8 Å². The number of fused-ring (bicyclic) bond motifs is 4. The molecule has 2 aliphatic carbocycles. The number of amides is 1. The summed E-state index contributed by atoms with van der Waals surface area (Å²) in [5, 5.41) is 12.1. The van der Waals surface area contributed by atoms with E-state index in [-0.39, 0.29) is 28.6 Å². The Balaban J connectivity index is 1.43. The van der Waals surface area contributed by atoms with E-state index >= 15 is 0 Å². The molecule has 0 aromatic heterocycles. The van der Waals surface area contributed by atoms with Crippen LogP contribution in [0.2, 0.25) is 5.02 Å². The first kappa shape index (κ1) is 27.6. The minimum absolute atomic E-state index is 0.0906. The highest BCUT2D eigenvalue weighted by Gasteiger charge is 2.46. The van der Waals surface area contributed by atoms with Gasteiger partial charge in [0, 0.05) is 29.1 Å². The predicted molar refractivity (Wildman–Crippen MR) is 157 cm³/mol. The van der Waals surface area contributed by atoms with Crippen LogP contribution in [0.15, 0.2) is 48.6 Å². The summed E-state index contributed by atoms with van der Waals surface area (Å²) >= 11 is 6.37. The maximum absolute atomic E-state index is 13.1. The molecule has 2 heterocycles. The Morgan fingerprint density at radius 1 is 1.15 bits per heavy atom. The van der Waals surface area contributed by atoms with Gasteiger partial charge in [-0.15, -0.1) is 0 Å². The summed E-state index contributed by atoms with van der Waals surface area (Å²) < 4.78 is 34.0. The number of nitrogens with zero attached hydrogens (tertiary/aromatic N) is 1. The van der Waals surface area contributed by atoms with Gasteiger partial charge in [-0.25, -0.2) is 13.1 Å². The van der Waals surface area contributed by atoms with E-state index in [1.165, 1.54) is 11.1 Å². The number of ether oxygens (including phenoxy) is 1. The molecule has 9 heteroatoms. The van der Waals surface area contributed by atoms with Gasteiger partial charge in [0.15, 0.2) is 0 Å². The number of aliphatic hydroxyl groups is 1. The summed E-state index contributed by atoms with van der Waals surface area (Å²) in [5.74, 6) is 0.241. The number of aryl methyl sites for hydroxylation is 1. The maximum atomic E-state index is 13.1. The normalized spacial score (nSPS) is 32.5. The van der Waals surface area contributed by atoms with E-state index in [0.717, 1.165) is 42.8 Å². The van der Waals surface area contributed by atoms with E-state index in [0.29, 0.717) is 38.3 Å². The van der Waals surface area contributed by atoms with Crippen molar-refractivity contribution in [2.75, 3.05) is 30.3 Å². The average Bonchev–Trinajstić information content (AvgIpc) is 3.02. The van der Waals surface area contributed by atoms with Crippen LogP contribution in [0.5, 0.6) is 5.75 Å². The number of hydrogen-bond acceptors (Lipinski definition) is 6. The van der Waals surface area contributed by atoms with E-state index in [2.05, 4.69) is 21.8 Å². The molecule has 2 bridgehead atoms. The monoisotopic (exact) mass is 584 g/mol. The van der Waals surface area contributed by atoms with Gasteiger partial charge < -0.3 is 14.7 Å². The number of hydrogen-bond donors (Lipinski definition) is 2. The van der Waals surface area contributed by atoms with E-state index in [1.807, 2.05) is 25.1 Å². The molecule has 6 rings (SSSR count). The lowest BCUT2D eigenvalue weighted by molar-refractivity contribution is -0.0314. The largest absolute Gasteiger partial charge is 0.490 e. The number of halogens is 1. The highest BCUT2D eigenvalue weighted by Crippen LogP contribution is 2.48. The molecule has 0 radical (unpaired) electrons. The SMILES string of the molecule is CC1(O)/C=C/CCCS(=O)(=O)NC(=O)c2ccc3c(c2)N(CC2CCC21)CC1(CCCc2cc(Cl)ccc21)CO3. The summed E-state index contributed by atoms with van der Waals surface area (Å²) in [7, 11) is -3.80. The van der Waals surface area contributed by atoms with Crippen LogP contribution < -0.4 is 14.4 Å². The Morgan fingerprint density at radius 3 is 2.80 bits per heavy atom. The summed E-state index contributed by atoms with van der Waals surface area (Å²) in [6.45, 7) is 3.76. The van der Waals surface area contributed by atoms with E-state index in [9.17, 15) is 18.3 Å². The third kappa shape index (κ3) is 5.26. The quantitative estimate of drug-likeness (QED) is 0.423. The van der Waals surface area contributed by atoms with Gasteiger partial charge in [0.1, 0.15) is 5.75 Å². The molecule has 2 aromatic rings. The molecule has 1 spiro atoms. The zero-order chi connectivity index (χ0) is 28.1. The standard InChI is InChI=1S/C31H37ClN2O5S/c1-30(36)13-3-2-4-15-40(37,38)33-29(35)22-8-12-28-27(17-22)34(18-23-7-10-25(23)30)19-31(20-39-28)14-5-6-21-16-24(32)9-11-26(21)31/h3,8-9,11-13,16-17,23,25,36H,2,4-7,10,14-15,18-20H2,1H3,(H,33,35)/b13-3+. The van der Waals surface area contributed by atoms with Crippen molar-refractivity contribution in [2.45, 2.75) is 62.9 Å². The topological polar surface area (TPSA) is 95.9 Å². The Kier molecular flexibility index (Phi) is 7.16. The molecule has 1 amide bonds. The van der Waals surface area contributed by atoms with Crippen LogP contribution in [0.1, 0.15) is 66.9 Å². The lowest BCUT2D eigenvalue weighted by Gasteiger charge is -2.48. The van der Waals surface area contributed by atoms with Gasteiger partial charge in [-0.2, -0.15) is 0 Å². The number of rotatable bonds is 0. The second-order valence-corrected chi connectivity index (χ2v) is 14.5.